The van der Waals surface area contributed by atoms with Gasteiger partial charge in [-0.05, 0) is 37.6 Å². The minimum atomic E-state index is -0.327. The second-order valence-electron chi connectivity index (χ2n) is 6.37. The van der Waals surface area contributed by atoms with Gasteiger partial charge in [0.2, 0.25) is 0 Å². The van der Waals surface area contributed by atoms with E-state index in [1.165, 1.54) is 11.1 Å². The van der Waals surface area contributed by atoms with Gasteiger partial charge in [0.05, 0.1) is 0 Å². The first kappa shape index (κ1) is 12.9. The van der Waals surface area contributed by atoms with E-state index in [1.54, 1.807) is 0 Å². The molecule has 1 atom stereocenters. The van der Waals surface area contributed by atoms with E-state index in [-0.39, 0.29) is 5.54 Å². The summed E-state index contributed by atoms with van der Waals surface area (Å²) in [6.07, 6.45) is 4.85. The fraction of sp³-hybridized carbons (Fsp3) is 0.190. The molecule has 0 radical (unpaired) electrons. The van der Waals surface area contributed by atoms with Crippen LogP contribution in [0, 0.1) is 13.8 Å². The first-order valence-corrected chi connectivity index (χ1v) is 7.99. The molecule has 0 saturated carbocycles. The van der Waals surface area contributed by atoms with Crippen LogP contribution in [0.5, 0.6) is 0 Å². The van der Waals surface area contributed by atoms with Crippen molar-refractivity contribution in [2.24, 2.45) is 0 Å². The molecule has 1 unspecified atom stereocenters. The number of benzene rings is 2. The molecule has 0 spiro atoms. The Balaban J connectivity index is 1.98. The maximum atomic E-state index is 8.87. The van der Waals surface area contributed by atoms with Crippen LogP contribution < -0.4 is 4.57 Å². The van der Waals surface area contributed by atoms with Crippen molar-refractivity contribution < 1.29 is 5.94 Å². The van der Waals surface area contributed by atoms with Gasteiger partial charge < -0.3 is 0 Å². The van der Waals surface area contributed by atoms with Gasteiger partial charge in [-0.1, -0.05) is 48.5 Å². The molecule has 0 aliphatic carbocycles. The first-order valence-electron chi connectivity index (χ1n) is 8.49. The summed E-state index contributed by atoms with van der Waals surface area (Å²) in [5.41, 5.74) is 5.33. The van der Waals surface area contributed by atoms with E-state index >= 15 is 0 Å². The van der Waals surface area contributed by atoms with Crippen LogP contribution in [0.2, 0.25) is 0 Å². The summed E-state index contributed by atoms with van der Waals surface area (Å²) in [5.74, 6) is 0. The summed E-state index contributed by atoms with van der Waals surface area (Å²) in [7, 11) is 0. The molecule has 0 N–H and O–H groups in total. The Hall–Kier alpha value is -2.61. The molecule has 2 nitrogen and oxygen atoms in total. The molecule has 0 fully saturated rings. The Morgan fingerprint density at radius 1 is 1.00 bits per heavy atom. The average Bonchev–Trinajstić information content (AvgIpc) is 3.07. The zero-order chi connectivity index (χ0) is 16.9. The van der Waals surface area contributed by atoms with E-state index < -0.39 is 0 Å². The summed E-state index contributed by atoms with van der Waals surface area (Å²) in [6.45, 7) is 6.36. The normalized spacial score (nSPS) is 19.7. The maximum Gasteiger partial charge on any atom is 0.250 e. The number of hydrogen-bond donors (Lipinski definition) is 0. The molecular formula is C21H21N2+. The minimum absolute atomic E-state index is 0.327. The predicted molar refractivity (Wildman–Crippen MR) is 93.7 cm³/mol. The molecule has 1 aromatic heterocycles. The molecule has 0 bridgehead atoms. The smallest absolute Gasteiger partial charge is 0.217 e. The van der Waals surface area contributed by atoms with Gasteiger partial charge in [-0.25, -0.2) is 4.57 Å². The standard InChI is InChI=1S/C21H21N2/c1-16-9-7-8-12-19(16)22-15-23-20(17(22)2)13-14-21(23,3)18-10-5-4-6-11-18/h4-15H,1-3H3/q+1/i15D. The fourth-order valence-corrected chi connectivity index (χ4v) is 3.42. The third kappa shape index (κ3) is 1.98. The molecule has 2 aromatic carbocycles. The molecule has 2 heterocycles. The molecule has 2 heteroatoms. The van der Waals surface area contributed by atoms with Gasteiger partial charge in [0, 0.05) is 12.5 Å². The molecule has 4 rings (SSSR count). The third-order valence-corrected chi connectivity index (χ3v) is 4.89. The Morgan fingerprint density at radius 3 is 2.43 bits per heavy atom. The Bertz CT molecular complexity index is 953. The van der Waals surface area contributed by atoms with E-state index in [2.05, 4.69) is 78.5 Å². The zero-order valence-electron chi connectivity index (χ0n) is 14.7. The maximum absolute atomic E-state index is 8.87. The topological polar surface area (TPSA) is 8.81 Å². The van der Waals surface area contributed by atoms with E-state index in [4.69, 9.17) is 1.37 Å². The van der Waals surface area contributed by atoms with Crippen molar-refractivity contribution in [3.8, 4) is 5.69 Å². The molecular weight excluding hydrogens is 280 g/mol. The largest absolute Gasteiger partial charge is 0.250 e. The van der Waals surface area contributed by atoms with Gasteiger partial charge in [0.1, 0.15) is 5.69 Å². The number of imidazole rings is 1. The lowest BCUT2D eigenvalue weighted by molar-refractivity contribution is -0.602. The van der Waals surface area contributed by atoms with Gasteiger partial charge in [0.15, 0.2) is 18.3 Å². The monoisotopic (exact) mass is 302 g/mol. The van der Waals surface area contributed by atoms with Crippen molar-refractivity contribution >= 4 is 6.08 Å². The lowest BCUT2D eigenvalue weighted by Gasteiger charge is -2.20. The quantitative estimate of drug-likeness (QED) is 0.628. The number of nitrogens with zero attached hydrogens (tertiary/aromatic N) is 2. The van der Waals surface area contributed by atoms with Crippen molar-refractivity contribution in [2.75, 3.05) is 0 Å². The van der Waals surface area contributed by atoms with Crippen LogP contribution in [0.15, 0.2) is 67.0 Å². The second kappa shape index (κ2) is 4.95. The number of aromatic nitrogens is 2. The molecule has 1 aliphatic heterocycles. The van der Waals surface area contributed by atoms with Crippen LogP contribution in [0.1, 0.15) is 30.8 Å². The van der Waals surface area contributed by atoms with Gasteiger partial charge in [-0.3, -0.25) is 0 Å². The summed E-state index contributed by atoms with van der Waals surface area (Å²) < 4.78 is 13.1. The van der Waals surface area contributed by atoms with E-state index in [1.807, 2.05) is 18.2 Å². The fourth-order valence-electron chi connectivity index (χ4n) is 3.42. The van der Waals surface area contributed by atoms with Crippen LogP contribution in [-0.2, 0) is 5.54 Å². The van der Waals surface area contributed by atoms with Gasteiger partial charge in [0.25, 0.3) is 6.30 Å². The SMILES string of the molecule is [2H]c1n2c(c(C)[n+]1-c1ccccc1C)C=CC2(C)c1ccccc1. The van der Waals surface area contributed by atoms with Gasteiger partial charge in [-0.2, -0.15) is 4.57 Å². The number of para-hydroxylation sites is 1. The summed E-state index contributed by atoms with van der Waals surface area (Å²) >= 11 is 0. The molecule has 0 amide bonds. The molecule has 3 aromatic rings. The third-order valence-electron chi connectivity index (χ3n) is 4.89. The van der Waals surface area contributed by atoms with Crippen LogP contribution in [0.4, 0.5) is 0 Å². The summed E-state index contributed by atoms with van der Waals surface area (Å²) in [4.78, 5) is 0. The Kier molecular flexibility index (Phi) is 2.77. The minimum Gasteiger partial charge on any atom is -0.217 e. The average molecular weight is 302 g/mol. The molecule has 1 aliphatic rings. The number of hydrogen-bond acceptors (Lipinski definition) is 0. The van der Waals surface area contributed by atoms with Crippen molar-refractivity contribution in [1.82, 2.24) is 4.57 Å². The highest BCUT2D eigenvalue weighted by Crippen LogP contribution is 2.35. The molecule has 0 saturated heterocycles. The van der Waals surface area contributed by atoms with E-state index in [9.17, 15) is 0 Å². The Labute approximate surface area is 138 Å². The number of rotatable bonds is 2. The highest BCUT2D eigenvalue weighted by atomic mass is 15.2. The summed E-state index contributed by atoms with van der Waals surface area (Å²) in [6, 6.07) is 18.7. The van der Waals surface area contributed by atoms with Gasteiger partial charge >= 0.3 is 0 Å². The van der Waals surface area contributed by atoms with Crippen LogP contribution in [0.3, 0.4) is 0 Å². The van der Waals surface area contributed by atoms with E-state index in [0.29, 0.717) is 6.30 Å². The number of aryl methyl sites for hydroxylation is 1. The molecule has 114 valence electrons. The van der Waals surface area contributed by atoms with Crippen LogP contribution >= 0.6 is 0 Å². The highest BCUT2D eigenvalue weighted by Gasteiger charge is 2.39. The van der Waals surface area contributed by atoms with E-state index in [0.717, 1.165) is 17.1 Å². The van der Waals surface area contributed by atoms with Crippen molar-refractivity contribution in [3.05, 3.63) is 89.5 Å². The van der Waals surface area contributed by atoms with Crippen LogP contribution in [0.25, 0.3) is 11.8 Å². The highest BCUT2D eigenvalue weighted by molar-refractivity contribution is 5.57. The lowest BCUT2D eigenvalue weighted by Crippen LogP contribution is -2.34. The Morgan fingerprint density at radius 2 is 1.70 bits per heavy atom. The number of fused-ring (bicyclic) bond motifs is 1. The zero-order valence-corrected chi connectivity index (χ0v) is 13.7. The summed E-state index contributed by atoms with van der Waals surface area (Å²) in [5, 5.41) is 0. The van der Waals surface area contributed by atoms with Crippen molar-refractivity contribution in [1.29, 1.82) is 0 Å². The van der Waals surface area contributed by atoms with Gasteiger partial charge in [-0.15, -0.1) is 0 Å². The number of allylic oxidation sites excluding steroid dienone is 1. The van der Waals surface area contributed by atoms with Crippen molar-refractivity contribution in [3.63, 3.8) is 0 Å². The second-order valence-corrected chi connectivity index (χ2v) is 6.37. The predicted octanol–water partition coefficient (Wildman–Crippen LogP) is 4.17. The first-order chi connectivity index (χ1) is 11.5. The van der Waals surface area contributed by atoms with Crippen molar-refractivity contribution in [2.45, 2.75) is 26.3 Å². The molecule has 23 heavy (non-hydrogen) atoms. The lowest BCUT2D eigenvalue weighted by atomic mass is 9.93. The van der Waals surface area contributed by atoms with Crippen LogP contribution in [-0.4, -0.2) is 4.57 Å².